The zero-order valence-corrected chi connectivity index (χ0v) is 17.5. The first-order valence-electron chi connectivity index (χ1n) is 9.96. The molecule has 1 N–H and O–H groups in total. The van der Waals surface area contributed by atoms with Crippen molar-refractivity contribution in [3.63, 3.8) is 0 Å². The third-order valence-electron chi connectivity index (χ3n) is 5.51. The summed E-state index contributed by atoms with van der Waals surface area (Å²) in [6.07, 6.45) is 4.68. The van der Waals surface area contributed by atoms with Crippen LogP contribution >= 0.6 is 0 Å². The van der Waals surface area contributed by atoms with Crippen molar-refractivity contribution in [2.45, 2.75) is 70.9 Å². The number of aromatic nitrogens is 4. The smallest absolute Gasteiger partial charge is 0.331 e. The van der Waals surface area contributed by atoms with Crippen LogP contribution in [0.25, 0.3) is 0 Å². The fraction of sp³-hybridized carbons (Fsp3) is 0.619. The summed E-state index contributed by atoms with van der Waals surface area (Å²) in [7, 11) is 0. The molecule has 3 rings (SSSR count). The lowest BCUT2D eigenvalue weighted by atomic mass is 9.87. The molecule has 0 amide bonds. The van der Waals surface area contributed by atoms with Crippen LogP contribution in [0, 0.1) is 0 Å². The molecule has 1 aliphatic rings. The number of hydrogen-bond acceptors (Lipinski definition) is 5. The number of piperidine rings is 1. The van der Waals surface area contributed by atoms with Gasteiger partial charge in [-0.2, -0.15) is 5.10 Å². The van der Waals surface area contributed by atoms with Gasteiger partial charge in [-0.25, -0.2) is 14.8 Å². The number of aliphatic carboxylic acids is 1. The third kappa shape index (κ3) is 4.09. The monoisotopic (exact) mass is 385 g/mol. The van der Waals surface area contributed by atoms with Crippen LogP contribution in [0.3, 0.4) is 0 Å². The Kier molecular flexibility index (Phi) is 5.57. The molecule has 0 spiro atoms. The molecule has 1 aliphatic heterocycles. The lowest BCUT2D eigenvalue weighted by Gasteiger charge is -2.39. The molecule has 28 heavy (non-hydrogen) atoms. The summed E-state index contributed by atoms with van der Waals surface area (Å²) >= 11 is 0. The summed E-state index contributed by atoms with van der Waals surface area (Å²) in [6, 6.07) is 3.87. The largest absolute Gasteiger partial charge is 0.479 e. The predicted molar refractivity (Wildman–Crippen MR) is 107 cm³/mol. The molecule has 0 bridgehead atoms. The number of rotatable bonds is 5. The van der Waals surface area contributed by atoms with Crippen LogP contribution in [-0.4, -0.2) is 48.8 Å². The summed E-state index contributed by atoms with van der Waals surface area (Å²) in [5.41, 5.74) is 0.815. The van der Waals surface area contributed by atoms with Crippen molar-refractivity contribution in [3.05, 3.63) is 41.7 Å². The molecule has 0 atom stereocenters. The van der Waals surface area contributed by atoms with E-state index in [1.54, 1.807) is 10.9 Å². The number of carboxylic acids is 1. The molecule has 0 aromatic carbocycles. The fourth-order valence-electron chi connectivity index (χ4n) is 3.59. The van der Waals surface area contributed by atoms with Crippen molar-refractivity contribution >= 4 is 5.97 Å². The molecule has 7 nitrogen and oxygen atoms in total. The molecule has 1 fully saturated rings. The van der Waals surface area contributed by atoms with Crippen molar-refractivity contribution < 1.29 is 9.90 Å². The van der Waals surface area contributed by atoms with Crippen LogP contribution in [0.1, 0.15) is 70.6 Å². The molecular formula is C21H31N5O2. The Labute approximate surface area is 166 Å². The second kappa shape index (κ2) is 7.62. The van der Waals surface area contributed by atoms with Gasteiger partial charge < -0.3 is 5.11 Å². The molecule has 0 radical (unpaired) electrons. The van der Waals surface area contributed by atoms with Crippen molar-refractivity contribution in [1.29, 1.82) is 0 Å². The Morgan fingerprint density at radius 3 is 2.46 bits per heavy atom. The third-order valence-corrected chi connectivity index (χ3v) is 5.51. The minimum absolute atomic E-state index is 0.104. The van der Waals surface area contributed by atoms with Gasteiger partial charge in [0.2, 0.25) is 0 Å². The number of likely N-dealkylation sites (tertiary alicyclic amines) is 1. The number of hydrogen-bond donors (Lipinski definition) is 1. The molecule has 2 aromatic rings. The Balaban J connectivity index is 1.73. The molecule has 3 heterocycles. The van der Waals surface area contributed by atoms with Gasteiger partial charge in [0.15, 0.2) is 5.54 Å². The highest BCUT2D eigenvalue weighted by Crippen LogP contribution is 2.32. The van der Waals surface area contributed by atoms with E-state index >= 15 is 0 Å². The number of carboxylic acid groups (broad SMARTS) is 1. The van der Waals surface area contributed by atoms with E-state index in [2.05, 4.69) is 54.6 Å². The summed E-state index contributed by atoms with van der Waals surface area (Å²) in [5, 5.41) is 14.7. The van der Waals surface area contributed by atoms with Gasteiger partial charge in [-0.05, 0) is 25.0 Å². The maximum atomic E-state index is 12.2. The van der Waals surface area contributed by atoms with Crippen molar-refractivity contribution in [2.24, 2.45) is 0 Å². The highest BCUT2D eigenvalue weighted by atomic mass is 16.4. The Hall–Kier alpha value is -2.28. The first-order chi connectivity index (χ1) is 13.1. The number of nitrogens with zero attached hydrogens (tertiary/aromatic N) is 5. The molecule has 1 saturated heterocycles. The Morgan fingerprint density at radius 1 is 1.25 bits per heavy atom. The van der Waals surface area contributed by atoms with E-state index in [4.69, 9.17) is 0 Å². The molecule has 0 saturated carbocycles. The van der Waals surface area contributed by atoms with Gasteiger partial charge in [-0.15, -0.1) is 0 Å². The minimum atomic E-state index is -0.977. The van der Waals surface area contributed by atoms with E-state index in [9.17, 15) is 9.90 Å². The van der Waals surface area contributed by atoms with Crippen LogP contribution in [0.5, 0.6) is 0 Å². The molecule has 0 aliphatic carbocycles. The summed E-state index contributed by atoms with van der Waals surface area (Å²) in [5.74, 6) is 0.332. The normalized spacial score (nSPS) is 17.8. The minimum Gasteiger partial charge on any atom is -0.479 e. The standard InChI is InChI=1S/C21H31N5O2/c1-15(2)18-22-10-6-16(23-18)14-25-12-8-21(9-13-25,19(27)28)26-11-7-17(24-26)20(3,4)5/h6-7,10-11,15H,8-9,12-14H2,1-5H3,(H,27,28). The van der Waals surface area contributed by atoms with Gasteiger partial charge in [0.05, 0.1) is 11.4 Å². The van der Waals surface area contributed by atoms with E-state index in [1.807, 2.05) is 18.3 Å². The van der Waals surface area contributed by atoms with Crippen LogP contribution < -0.4 is 0 Å². The Morgan fingerprint density at radius 2 is 1.93 bits per heavy atom. The molecular weight excluding hydrogens is 354 g/mol. The highest BCUT2D eigenvalue weighted by molar-refractivity contribution is 5.76. The molecule has 0 unspecified atom stereocenters. The Bertz CT molecular complexity index is 829. The van der Waals surface area contributed by atoms with Gasteiger partial charge in [-0.3, -0.25) is 9.58 Å². The van der Waals surface area contributed by atoms with Crippen molar-refractivity contribution in [1.82, 2.24) is 24.6 Å². The van der Waals surface area contributed by atoms with E-state index in [1.165, 1.54) is 0 Å². The van der Waals surface area contributed by atoms with Crippen LogP contribution in [-0.2, 0) is 22.3 Å². The van der Waals surface area contributed by atoms with Gasteiger partial charge in [0, 0.05) is 43.4 Å². The molecule has 7 heteroatoms. The lowest BCUT2D eigenvalue weighted by molar-refractivity contribution is -0.151. The lowest BCUT2D eigenvalue weighted by Crippen LogP contribution is -2.51. The van der Waals surface area contributed by atoms with E-state index in [-0.39, 0.29) is 11.3 Å². The van der Waals surface area contributed by atoms with Gasteiger partial charge >= 0.3 is 5.97 Å². The summed E-state index contributed by atoms with van der Waals surface area (Å²) < 4.78 is 1.68. The maximum absolute atomic E-state index is 12.2. The number of carbonyl (C=O) groups is 1. The van der Waals surface area contributed by atoms with Crippen molar-refractivity contribution in [2.75, 3.05) is 13.1 Å². The van der Waals surface area contributed by atoms with Crippen LogP contribution in [0.2, 0.25) is 0 Å². The average Bonchev–Trinajstić information content (AvgIpc) is 3.13. The van der Waals surface area contributed by atoms with Crippen LogP contribution in [0.4, 0.5) is 0 Å². The van der Waals surface area contributed by atoms with Gasteiger partial charge in [-0.1, -0.05) is 34.6 Å². The fourth-order valence-corrected chi connectivity index (χ4v) is 3.59. The first kappa shape index (κ1) is 20.5. The first-order valence-corrected chi connectivity index (χ1v) is 9.96. The zero-order chi connectivity index (χ0) is 20.5. The highest BCUT2D eigenvalue weighted by Gasteiger charge is 2.44. The maximum Gasteiger partial charge on any atom is 0.331 e. The zero-order valence-electron chi connectivity index (χ0n) is 17.5. The van der Waals surface area contributed by atoms with E-state index in [0.29, 0.717) is 32.5 Å². The van der Waals surface area contributed by atoms with Gasteiger partial charge in [0.1, 0.15) is 5.82 Å². The van der Waals surface area contributed by atoms with Crippen molar-refractivity contribution in [3.8, 4) is 0 Å². The second-order valence-electron chi connectivity index (χ2n) is 9.07. The molecule has 2 aromatic heterocycles. The molecule has 152 valence electrons. The average molecular weight is 386 g/mol. The predicted octanol–water partition coefficient (Wildman–Crippen LogP) is 3.17. The summed E-state index contributed by atoms with van der Waals surface area (Å²) in [6.45, 7) is 12.5. The van der Waals surface area contributed by atoms with Crippen LogP contribution in [0.15, 0.2) is 24.5 Å². The summed E-state index contributed by atoms with van der Waals surface area (Å²) in [4.78, 5) is 23.4. The van der Waals surface area contributed by atoms with Gasteiger partial charge in [0.25, 0.3) is 0 Å². The second-order valence-corrected chi connectivity index (χ2v) is 9.07. The SMILES string of the molecule is CC(C)c1nccc(CN2CCC(C(=O)O)(n3ccc(C(C)(C)C)n3)CC2)n1. The topological polar surface area (TPSA) is 84.1 Å². The quantitative estimate of drug-likeness (QED) is 0.851. The van der Waals surface area contributed by atoms with E-state index < -0.39 is 11.5 Å². The van der Waals surface area contributed by atoms with E-state index in [0.717, 1.165) is 17.2 Å².